The van der Waals surface area contributed by atoms with Gasteiger partial charge in [0.05, 0.1) is 6.04 Å². The number of nitrogens with one attached hydrogen (secondary N) is 1. The maximum absolute atomic E-state index is 13.5. The van der Waals surface area contributed by atoms with Gasteiger partial charge in [-0.2, -0.15) is 0 Å². The lowest BCUT2D eigenvalue weighted by molar-refractivity contribution is 0.00134. The number of aromatic nitrogens is 1. The number of carbonyl (C=O) groups is 1. The predicted octanol–water partition coefficient (Wildman–Crippen LogP) is 4.20. The predicted molar refractivity (Wildman–Crippen MR) is 111 cm³/mol. The lowest BCUT2D eigenvalue weighted by Crippen LogP contribution is -2.60. The molecule has 0 unspecified atom stereocenters. The number of hydrogen-bond donors (Lipinski definition) is 1. The molecule has 1 aromatic heterocycles. The largest absolute Gasteiger partial charge is 0.351 e. The molecule has 6 rings (SSSR count). The van der Waals surface area contributed by atoms with Gasteiger partial charge in [-0.05, 0) is 62.6 Å². The van der Waals surface area contributed by atoms with Crippen molar-refractivity contribution in [3.8, 4) is 0 Å². The zero-order valence-electron chi connectivity index (χ0n) is 16.4. The zero-order valence-corrected chi connectivity index (χ0v) is 16.4. The molecule has 1 aliphatic carbocycles. The lowest BCUT2D eigenvalue weighted by atomic mass is 9.68. The second-order valence-electron chi connectivity index (χ2n) is 9.28. The molecular weight excluding hydrogens is 346 g/mol. The number of hydrogen-bond acceptors (Lipinski definition) is 2. The Bertz CT molecular complexity index is 911. The third kappa shape index (κ3) is 2.57. The average molecular weight is 376 g/mol. The quantitative estimate of drug-likeness (QED) is 0.759. The van der Waals surface area contributed by atoms with Crippen molar-refractivity contribution in [1.29, 1.82) is 0 Å². The van der Waals surface area contributed by atoms with E-state index in [-0.39, 0.29) is 5.91 Å². The summed E-state index contributed by atoms with van der Waals surface area (Å²) >= 11 is 0. The van der Waals surface area contributed by atoms with Crippen LogP contribution in [0.3, 0.4) is 0 Å². The summed E-state index contributed by atoms with van der Waals surface area (Å²) in [6, 6.07) is 11.3. The summed E-state index contributed by atoms with van der Waals surface area (Å²) in [4.78, 5) is 21.8. The van der Waals surface area contributed by atoms with Crippen molar-refractivity contribution in [2.24, 2.45) is 11.8 Å². The van der Waals surface area contributed by atoms with Gasteiger partial charge in [0.25, 0.3) is 5.91 Å². The Balaban J connectivity index is 1.34. The molecule has 4 nitrogen and oxygen atoms in total. The molecule has 0 spiro atoms. The van der Waals surface area contributed by atoms with Gasteiger partial charge in [-0.25, -0.2) is 0 Å². The minimum atomic E-state index is 0.186. The Kier molecular flexibility index (Phi) is 3.90. The normalized spacial score (nSPS) is 32.6. The van der Waals surface area contributed by atoms with Gasteiger partial charge in [-0.1, -0.05) is 36.3 Å². The Morgan fingerprint density at radius 2 is 2.04 bits per heavy atom. The fraction of sp³-hybridized carbons (Fsp3) is 0.542. The number of aromatic amines is 1. The molecule has 4 heterocycles. The first-order chi connectivity index (χ1) is 13.8. The van der Waals surface area contributed by atoms with Crippen molar-refractivity contribution in [3.05, 3.63) is 47.7 Å². The van der Waals surface area contributed by atoms with Crippen molar-refractivity contribution in [2.75, 3.05) is 19.6 Å². The summed E-state index contributed by atoms with van der Waals surface area (Å²) < 4.78 is 0. The number of likely N-dealkylation sites (tertiary alicyclic amines) is 1. The van der Waals surface area contributed by atoms with Crippen LogP contribution in [0.4, 0.5) is 0 Å². The van der Waals surface area contributed by atoms with Gasteiger partial charge in [-0.15, -0.1) is 0 Å². The zero-order chi connectivity index (χ0) is 18.7. The number of H-pyrrole nitrogens is 1. The van der Waals surface area contributed by atoms with Crippen LogP contribution in [-0.2, 0) is 0 Å². The minimum Gasteiger partial charge on any atom is -0.351 e. The second kappa shape index (κ2) is 6.48. The molecule has 0 radical (unpaired) electrons. The monoisotopic (exact) mass is 375 g/mol. The SMILES string of the molecule is O=C(c1cc2ccccc2[nH]1)N1CCCC2=C[C@H]3C[C@@H](CN4CCCC[C@H]34)[C@@H]21. The van der Waals surface area contributed by atoms with E-state index >= 15 is 0 Å². The van der Waals surface area contributed by atoms with E-state index in [9.17, 15) is 4.79 Å². The summed E-state index contributed by atoms with van der Waals surface area (Å²) in [5.74, 6) is 1.51. The maximum atomic E-state index is 13.5. The molecule has 1 N–H and O–H groups in total. The van der Waals surface area contributed by atoms with Gasteiger partial charge in [0.15, 0.2) is 0 Å². The fourth-order valence-electron chi connectivity index (χ4n) is 6.54. The van der Waals surface area contributed by atoms with Crippen LogP contribution in [-0.4, -0.2) is 52.4 Å². The Morgan fingerprint density at radius 1 is 1.11 bits per heavy atom. The van der Waals surface area contributed by atoms with Crippen LogP contribution in [0.5, 0.6) is 0 Å². The number of nitrogens with zero attached hydrogens (tertiary/aromatic N) is 2. The molecule has 146 valence electrons. The van der Waals surface area contributed by atoms with E-state index in [2.05, 4.69) is 33.0 Å². The molecule has 2 bridgehead atoms. The number of para-hydroxylation sites is 1. The molecule has 1 aromatic carbocycles. The highest BCUT2D eigenvalue weighted by Gasteiger charge is 2.47. The summed E-state index contributed by atoms with van der Waals surface area (Å²) in [6.07, 6.45) is 10.2. The first-order valence-electron chi connectivity index (χ1n) is 11.1. The van der Waals surface area contributed by atoms with Crippen LogP contribution in [0.1, 0.15) is 49.0 Å². The number of rotatable bonds is 1. The Hall–Kier alpha value is -2.07. The number of piperidine rings is 3. The van der Waals surface area contributed by atoms with Crippen molar-refractivity contribution >= 4 is 16.8 Å². The molecule has 0 saturated carbocycles. The number of carbonyl (C=O) groups excluding carboxylic acids is 1. The van der Waals surface area contributed by atoms with E-state index in [0.717, 1.165) is 35.6 Å². The number of benzene rings is 1. The van der Waals surface area contributed by atoms with Gasteiger partial charge in [0.2, 0.25) is 0 Å². The van der Waals surface area contributed by atoms with Gasteiger partial charge < -0.3 is 9.88 Å². The van der Waals surface area contributed by atoms with Crippen molar-refractivity contribution in [3.63, 3.8) is 0 Å². The van der Waals surface area contributed by atoms with Crippen molar-refractivity contribution in [2.45, 2.75) is 50.6 Å². The van der Waals surface area contributed by atoms with Crippen molar-refractivity contribution < 1.29 is 4.79 Å². The summed E-state index contributed by atoms with van der Waals surface area (Å²) in [5.41, 5.74) is 3.36. The summed E-state index contributed by atoms with van der Waals surface area (Å²) in [5, 5.41) is 1.12. The van der Waals surface area contributed by atoms with Gasteiger partial charge >= 0.3 is 0 Å². The Morgan fingerprint density at radius 3 is 2.96 bits per heavy atom. The highest BCUT2D eigenvalue weighted by atomic mass is 16.2. The highest BCUT2D eigenvalue weighted by Crippen LogP contribution is 2.45. The van der Waals surface area contributed by atoms with E-state index in [1.807, 2.05) is 18.2 Å². The van der Waals surface area contributed by atoms with E-state index < -0.39 is 0 Å². The Labute approximate surface area is 166 Å². The van der Waals surface area contributed by atoms with Gasteiger partial charge in [-0.3, -0.25) is 9.69 Å². The van der Waals surface area contributed by atoms with Crippen molar-refractivity contribution in [1.82, 2.24) is 14.8 Å². The summed E-state index contributed by atoms with van der Waals surface area (Å²) in [6.45, 7) is 3.32. The smallest absolute Gasteiger partial charge is 0.270 e. The minimum absolute atomic E-state index is 0.186. The topological polar surface area (TPSA) is 39.3 Å². The van der Waals surface area contributed by atoms with Crippen LogP contribution in [0.2, 0.25) is 0 Å². The standard InChI is InChI=1S/C24H29N3O/c28-24(21-14-16-6-1-2-8-20(16)25-21)27-11-5-7-17-12-18-13-19(23(17)27)15-26-10-4-3-9-22(18)26/h1-2,6,8,12,14,18-19,22-23,25H,3-5,7,9-11,13,15H2/t18-,19-,22+,23+/m0/s1. The second-order valence-corrected chi connectivity index (χ2v) is 9.28. The molecule has 1 amide bonds. The molecule has 3 aliphatic heterocycles. The van der Waals surface area contributed by atoms with E-state index in [0.29, 0.717) is 17.9 Å². The molecule has 2 aromatic rings. The van der Waals surface area contributed by atoms with Crippen LogP contribution >= 0.6 is 0 Å². The molecule has 4 aliphatic rings. The molecular formula is C24H29N3O. The van der Waals surface area contributed by atoms with E-state index in [1.54, 1.807) is 5.57 Å². The van der Waals surface area contributed by atoms with Crippen LogP contribution in [0, 0.1) is 11.8 Å². The first-order valence-corrected chi connectivity index (χ1v) is 11.1. The number of fused-ring (bicyclic) bond motifs is 7. The van der Waals surface area contributed by atoms with E-state index in [4.69, 9.17) is 0 Å². The molecule has 4 heteroatoms. The molecule has 28 heavy (non-hydrogen) atoms. The molecule has 3 saturated heterocycles. The van der Waals surface area contributed by atoms with Crippen LogP contribution < -0.4 is 0 Å². The molecule has 4 atom stereocenters. The summed E-state index contributed by atoms with van der Waals surface area (Å²) in [7, 11) is 0. The molecule has 3 fully saturated rings. The van der Waals surface area contributed by atoms with Crippen LogP contribution in [0.15, 0.2) is 42.0 Å². The number of amides is 1. The maximum Gasteiger partial charge on any atom is 0.270 e. The first kappa shape index (κ1) is 16.8. The highest BCUT2D eigenvalue weighted by molar-refractivity contribution is 5.98. The average Bonchev–Trinajstić information content (AvgIpc) is 3.17. The lowest BCUT2D eigenvalue weighted by Gasteiger charge is -2.54. The third-order valence-electron chi connectivity index (χ3n) is 7.68. The fourth-order valence-corrected chi connectivity index (χ4v) is 6.54. The van der Waals surface area contributed by atoms with Crippen LogP contribution in [0.25, 0.3) is 10.9 Å². The van der Waals surface area contributed by atoms with E-state index in [1.165, 1.54) is 45.2 Å². The third-order valence-corrected chi connectivity index (χ3v) is 7.68. The van der Waals surface area contributed by atoms with Gasteiger partial charge in [0, 0.05) is 30.0 Å². The van der Waals surface area contributed by atoms with Gasteiger partial charge in [0.1, 0.15) is 5.69 Å².